The highest BCUT2D eigenvalue weighted by Gasteiger charge is 2.04. The summed E-state index contributed by atoms with van der Waals surface area (Å²) in [7, 11) is 3.21. The van der Waals surface area contributed by atoms with Gasteiger partial charge in [0.15, 0.2) is 11.5 Å². The average molecular weight is 329 g/mol. The third-order valence-electron chi connectivity index (χ3n) is 3.43. The Kier molecular flexibility index (Phi) is 6.49. The fourth-order valence-electron chi connectivity index (χ4n) is 2.17. The molecule has 0 amide bonds. The van der Waals surface area contributed by atoms with Gasteiger partial charge in [-0.1, -0.05) is 13.0 Å². The van der Waals surface area contributed by atoms with Gasteiger partial charge in [-0.25, -0.2) is 0 Å². The zero-order valence-corrected chi connectivity index (χ0v) is 14.3. The van der Waals surface area contributed by atoms with Crippen LogP contribution in [0.25, 0.3) is 0 Å². The largest absolute Gasteiger partial charge is 0.507 e. The van der Waals surface area contributed by atoms with E-state index in [9.17, 15) is 5.11 Å². The van der Waals surface area contributed by atoms with Crippen molar-refractivity contribution < 1.29 is 19.3 Å². The van der Waals surface area contributed by atoms with Crippen LogP contribution in [0, 0.1) is 0 Å². The Hall–Kier alpha value is -2.69. The number of nitrogens with zero attached hydrogens (tertiary/aromatic N) is 1. The molecule has 5 heteroatoms. The second kappa shape index (κ2) is 8.82. The van der Waals surface area contributed by atoms with Gasteiger partial charge in [-0.2, -0.15) is 0 Å². The maximum absolute atomic E-state index is 10.0. The Morgan fingerprint density at radius 3 is 2.50 bits per heavy atom. The third-order valence-corrected chi connectivity index (χ3v) is 3.43. The van der Waals surface area contributed by atoms with Crippen LogP contribution in [-0.2, 0) is 6.54 Å². The van der Waals surface area contributed by atoms with E-state index in [1.54, 1.807) is 32.6 Å². The van der Waals surface area contributed by atoms with E-state index < -0.39 is 0 Å². The summed E-state index contributed by atoms with van der Waals surface area (Å²) in [6.07, 6.45) is 2.57. The molecule has 2 aromatic carbocycles. The molecule has 0 fully saturated rings. The van der Waals surface area contributed by atoms with Crippen molar-refractivity contribution in [1.29, 1.82) is 0 Å². The van der Waals surface area contributed by atoms with Crippen LogP contribution in [0.2, 0.25) is 0 Å². The molecular weight excluding hydrogens is 306 g/mol. The zero-order chi connectivity index (χ0) is 17.4. The summed E-state index contributed by atoms with van der Waals surface area (Å²) >= 11 is 0. The molecule has 0 bridgehead atoms. The monoisotopic (exact) mass is 329 g/mol. The molecule has 0 unspecified atom stereocenters. The van der Waals surface area contributed by atoms with Crippen molar-refractivity contribution in [2.24, 2.45) is 4.99 Å². The summed E-state index contributed by atoms with van der Waals surface area (Å²) in [5.41, 5.74) is 1.64. The van der Waals surface area contributed by atoms with Gasteiger partial charge in [-0.3, -0.25) is 4.99 Å². The number of aliphatic imine (C=N–C) groups is 1. The van der Waals surface area contributed by atoms with Crippen molar-refractivity contribution in [3.05, 3.63) is 47.5 Å². The number of aromatic hydroxyl groups is 1. The Bertz CT molecular complexity index is 698. The Morgan fingerprint density at radius 2 is 1.83 bits per heavy atom. The molecule has 2 rings (SSSR count). The number of benzene rings is 2. The summed E-state index contributed by atoms with van der Waals surface area (Å²) in [6, 6.07) is 10.9. The van der Waals surface area contributed by atoms with Gasteiger partial charge >= 0.3 is 0 Å². The minimum Gasteiger partial charge on any atom is -0.507 e. The van der Waals surface area contributed by atoms with Crippen molar-refractivity contribution in [2.45, 2.75) is 19.9 Å². The average Bonchev–Trinajstić information content (AvgIpc) is 2.61. The number of ether oxygens (including phenoxy) is 3. The lowest BCUT2D eigenvalue weighted by atomic mass is 10.2. The molecule has 2 aromatic rings. The van der Waals surface area contributed by atoms with Crippen molar-refractivity contribution in [1.82, 2.24) is 0 Å². The molecule has 0 heterocycles. The van der Waals surface area contributed by atoms with E-state index in [0.29, 0.717) is 36.0 Å². The van der Waals surface area contributed by atoms with E-state index in [1.807, 2.05) is 31.2 Å². The summed E-state index contributed by atoms with van der Waals surface area (Å²) < 4.78 is 16.0. The first-order valence-electron chi connectivity index (χ1n) is 7.84. The Labute approximate surface area is 142 Å². The molecule has 0 atom stereocenters. The summed E-state index contributed by atoms with van der Waals surface area (Å²) in [6.45, 7) is 3.15. The van der Waals surface area contributed by atoms with Crippen molar-refractivity contribution in [3.63, 3.8) is 0 Å². The van der Waals surface area contributed by atoms with Crippen LogP contribution >= 0.6 is 0 Å². The van der Waals surface area contributed by atoms with Crippen LogP contribution in [0.4, 0.5) is 0 Å². The number of hydrogen-bond acceptors (Lipinski definition) is 5. The number of methoxy groups -OCH3 is 2. The lowest BCUT2D eigenvalue weighted by molar-refractivity contribution is 0.315. The second-order valence-corrected chi connectivity index (χ2v) is 5.23. The highest BCUT2D eigenvalue weighted by Crippen LogP contribution is 2.28. The third kappa shape index (κ3) is 4.65. The van der Waals surface area contributed by atoms with Gasteiger partial charge in [0.05, 0.1) is 27.4 Å². The van der Waals surface area contributed by atoms with Gasteiger partial charge in [0.2, 0.25) is 0 Å². The smallest absolute Gasteiger partial charge is 0.161 e. The molecule has 24 heavy (non-hydrogen) atoms. The van der Waals surface area contributed by atoms with Crippen LogP contribution in [0.5, 0.6) is 23.0 Å². The molecule has 0 spiro atoms. The van der Waals surface area contributed by atoms with E-state index in [2.05, 4.69) is 4.99 Å². The molecule has 0 aliphatic heterocycles. The molecule has 0 aliphatic rings. The predicted octanol–water partition coefficient (Wildman–Crippen LogP) is 3.82. The molecule has 128 valence electrons. The molecule has 1 N–H and O–H groups in total. The fraction of sp³-hybridized carbons (Fsp3) is 0.316. The minimum absolute atomic E-state index is 0.152. The predicted molar refractivity (Wildman–Crippen MR) is 94.7 cm³/mol. The SMILES string of the molecule is CCCOc1ccc(C=NCc2ccc(OC)c(OC)c2)c(O)c1. The normalized spacial score (nSPS) is 10.8. The Morgan fingerprint density at radius 1 is 1.04 bits per heavy atom. The van der Waals surface area contributed by atoms with Crippen molar-refractivity contribution in [3.8, 4) is 23.0 Å². The number of hydrogen-bond donors (Lipinski definition) is 1. The van der Waals surface area contributed by atoms with Crippen LogP contribution in [0.3, 0.4) is 0 Å². The lowest BCUT2D eigenvalue weighted by Crippen LogP contribution is -1.95. The van der Waals surface area contributed by atoms with Gasteiger partial charge in [-0.15, -0.1) is 0 Å². The zero-order valence-electron chi connectivity index (χ0n) is 14.3. The fourth-order valence-corrected chi connectivity index (χ4v) is 2.17. The van der Waals surface area contributed by atoms with Crippen LogP contribution in [0.15, 0.2) is 41.4 Å². The summed E-state index contributed by atoms with van der Waals surface area (Å²) in [4.78, 5) is 4.37. The maximum atomic E-state index is 10.0. The van der Waals surface area contributed by atoms with Crippen LogP contribution in [-0.4, -0.2) is 32.1 Å². The first-order valence-corrected chi connectivity index (χ1v) is 7.84. The van der Waals surface area contributed by atoms with E-state index in [4.69, 9.17) is 14.2 Å². The molecule has 0 saturated carbocycles. The van der Waals surface area contributed by atoms with E-state index in [1.165, 1.54) is 0 Å². The summed E-state index contributed by atoms with van der Waals surface area (Å²) in [5.74, 6) is 2.17. The van der Waals surface area contributed by atoms with Gasteiger partial charge in [-0.05, 0) is 36.2 Å². The van der Waals surface area contributed by atoms with Crippen molar-refractivity contribution >= 4 is 6.21 Å². The standard InChI is InChI=1S/C19H23NO4/c1-4-9-24-16-7-6-15(17(21)11-16)13-20-12-14-5-8-18(22-2)19(10-14)23-3/h5-8,10-11,13,21H,4,9,12H2,1-3H3. The van der Waals surface area contributed by atoms with Crippen LogP contribution < -0.4 is 14.2 Å². The van der Waals surface area contributed by atoms with Gasteiger partial charge < -0.3 is 19.3 Å². The first-order chi connectivity index (χ1) is 11.7. The van der Waals surface area contributed by atoms with Gasteiger partial charge in [0, 0.05) is 17.8 Å². The van der Waals surface area contributed by atoms with E-state index in [-0.39, 0.29) is 5.75 Å². The molecular formula is C19H23NO4. The van der Waals surface area contributed by atoms with Crippen molar-refractivity contribution in [2.75, 3.05) is 20.8 Å². The number of phenolic OH excluding ortho intramolecular Hbond substituents is 1. The quantitative estimate of drug-likeness (QED) is 0.748. The molecule has 0 saturated heterocycles. The summed E-state index contributed by atoms with van der Waals surface area (Å²) in [5, 5.41) is 10.0. The van der Waals surface area contributed by atoms with E-state index >= 15 is 0 Å². The Balaban J connectivity index is 2.03. The first kappa shape index (κ1) is 17.7. The molecule has 0 aliphatic carbocycles. The number of rotatable bonds is 8. The topological polar surface area (TPSA) is 60.3 Å². The molecule has 0 radical (unpaired) electrons. The molecule has 5 nitrogen and oxygen atoms in total. The number of phenols is 1. The van der Waals surface area contributed by atoms with Gasteiger partial charge in [0.25, 0.3) is 0 Å². The van der Waals surface area contributed by atoms with Gasteiger partial charge in [0.1, 0.15) is 11.5 Å². The molecule has 0 aromatic heterocycles. The van der Waals surface area contributed by atoms with Crippen LogP contribution in [0.1, 0.15) is 24.5 Å². The highest BCUT2D eigenvalue weighted by molar-refractivity contribution is 5.83. The highest BCUT2D eigenvalue weighted by atomic mass is 16.5. The van der Waals surface area contributed by atoms with E-state index in [0.717, 1.165) is 12.0 Å². The lowest BCUT2D eigenvalue weighted by Gasteiger charge is -2.08. The minimum atomic E-state index is 0.152. The second-order valence-electron chi connectivity index (χ2n) is 5.23. The maximum Gasteiger partial charge on any atom is 0.161 e.